The summed E-state index contributed by atoms with van der Waals surface area (Å²) in [5, 5.41) is 8.99. The summed E-state index contributed by atoms with van der Waals surface area (Å²) >= 11 is 2.83. The van der Waals surface area contributed by atoms with Crippen molar-refractivity contribution in [3.8, 4) is 0 Å². The van der Waals surface area contributed by atoms with Crippen LogP contribution >= 0.6 is 22.7 Å². The molecule has 5 nitrogen and oxygen atoms in total. The molecule has 0 saturated carbocycles. The van der Waals surface area contributed by atoms with Gasteiger partial charge in [-0.05, 0) is 58.0 Å². The molecule has 0 atom stereocenters. The molecule has 1 amide bonds. The van der Waals surface area contributed by atoms with E-state index < -0.39 is 0 Å². The zero-order valence-corrected chi connectivity index (χ0v) is 17.3. The van der Waals surface area contributed by atoms with E-state index in [4.69, 9.17) is 4.74 Å². The predicted molar refractivity (Wildman–Crippen MR) is 106 cm³/mol. The summed E-state index contributed by atoms with van der Waals surface area (Å²) in [6, 6.07) is 3.60. The number of rotatable bonds is 4. The Bertz CT molecular complexity index is 835. The molecule has 140 valence electrons. The molecule has 7 heteroatoms. The summed E-state index contributed by atoms with van der Waals surface area (Å²) in [6.45, 7) is 10.5. The fourth-order valence-electron chi connectivity index (χ4n) is 3.61. The van der Waals surface area contributed by atoms with E-state index in [-0.39, 0.29) is 23.0 Å². The van der Waals surface area contributed by atoms with E-state index in [1.54, 1.807) is 13.0 Å². The Morgan fingerprint density at radius 1 is 1.31 bits per heavy atom. The van der Waals surface area contributed by atoms with Gasteiger partial charge in [-0.25, -0.2) is 4.79 Å². The monoisotopic (exact) mass is 392 g/mol. The van der Waals surface area contributed by atoms with Gasteiger partial charge in [0, 0.05) is 16.0 Å². The summed E-state index contributed by atoms with van der Waals surface area (Å²) < 4.78 is 5.30. The quantitative estimate of drug-likeness (QED) is 0.757. The Kier molecular flexibility index (Phi) is 4.98. The number of hydrogen-bond donors (Lipinski definition) is 2. The predicted octanol–water partition coefficient (Wildman–Crippen LogP) is 4.40. The van der Waals surface area contributed by atoms with Crippen LogP contribution in [0.15, 0.2) is 17.5 Å². The van der Waals surface area contributed by atoms with E-state index in [1.165, 1.54) is 22.7 Å². The number of esters is 1. The highest BCUT2D eigenvalue weighted by molar-refractivity contribution is 7.17. The molecule has 0 unspecified atom stereocenters. The fraction of sp³-hybridized carbons (Fsp3) is 0.474. The lowest BCUT2D eigenvalue weighted by atomic mass is 9.81. The molecule has 2 N–H and O–H groups in total. The summed E-state index contributed by atoms with van der Waals surface area (Å²) in [4.78, 5) is 26.9. The van der Waals surface area contributed by atoms with Crippen molar-refractivity contribution < 1.29 is 14.3 Å². The van der Waals surface area contributed by atoms with E-state index in [9.17, 15) is 9.59 Å². The maximum absolute atomic E-state index is 12.7. The fourth-order valence-corrected chi connectivity index (χ4v) is 5.49. The first kappa shape index (κ1) is 19.1. The van der Waals surface area contributed by atoms with Gasteiger partial charge in [0.25, 0.3) is 5.91 Å². The smallest absolute Gasteiger partial charge is 0.341 e. The molecule has 1 aliphatic rings. The van der Waals surface area contributed by atoms with Gasteiger partial charge in [-0.2, -0.15) is 0 Å². The third kappa shape index (κ3) is 3.56. The van der Waals surface area contributed by atoms with Gasteiger partial charge in [-0.3, -0.25) is 4.79 Å². The highest BCUT2D eigenvalue weighted by Gasteiger charge is 2.42. The van der Waals surface area contributed by atoms with Crippen LogP contribution in [-0.4, -0.2) is 24.0 Å². The standard InChI is InChI=1S/C19H24N2O3S2/c1-6-24-17(23)13-11-10-18(2,3)21-19(4,5)14(11)26-16(13)20-15(22)12-8-7-9-25-12/h7-9,21H,6,10H2,1-5H3,(H,20,22). The Balaban J connectivity index is 2.08. The van der Waals surface area contributed by atoms with E-state index in [2.05, 4.69) is 38.3 Å². The van der Waals surface area contributed by atoms with Crippen molar-refractivity contribution in [2.45, 2.75) is 52.1 Å². The second kappa shape index (κ2) is 6.79. The van der Waals surface area contributed by atoms with Crippen LogP contribution in [0, 0.1) is 0 Å². The van der Waals surface area contributed by atoms with Crippen molar-refractivity contribution >= 4 is 39.6 Å². The summed E-state index contributed by atoms with van der Waals surface area (Å²) in [5.74, 6) is -0.575. The minimum atomic E-state index is -0.375. The van der Waals surface area contributed by atoms with Gasteiger partial charge in [0.15, 0.2) is 0 Å². The van der Waals surface area contributed by atoms with E-state index in [0.717, 1.165) is 10.4 Å². The topological polar surface area (TPSA) is 67.4 Å². The van der Waals surface area contributed by atoms with Gasteiger partial charge in [-0.15, -0.1) is 22.7 Å². The molecular formula is C19H24N2O3S2. The van der Waals surface area contributed by atoms with Crippen LogP contribution in [-0.2, 0) is 16.7 Å². The SMILES string of the molecule is CCOC(=O)c1c(NC(=O)c2cccs2)sc2c1CC(C)(C)NC2(C)C. The van der Waals surface area contributed by atoms with Crippen molar-refractivity contribution in [1.82, 2.24) is 5.32 Å². The Hall–Kier alpha value is -1.70. The number of ether oxygens (including phenoxy) is 1. The number of amides is 1. The Labute approximate surface area is 161 Å². The van der Waals surface area contributed by atoms with Crippen molar-refractivity contribution in [1.29, 1.82) is 0 Å². The Morgan fingerprint density at radius 2 is 2.04 bits per heavy atom. The van der Waals surface area contributed by atoms with Crippen molar-refractivity contribution in [2.24, 2.45) is 0 Å². The van der Waals surface area contributed by atoms with E-state index in [0.29, 0.717) is 28.5 Å². The van der Waals surface area contributed by atoms with Gasteiger partial charge in [0.2, 0.25) is 0 Å². The summed E-state index contributed by atoms with van der Waals surface area (Å²) in [7, 11) is 0. The third-order valence-electron chi connectivity index (χ3n) is 4.30. The van der Waals surface area contributed by atoms with E-state index in [1.807, 2.05) is 11.4 Å². The average molecular weight is 393 g/mol. The lowest BCUT2D eigenvalue weighted by Crippen LogP contribution is -2.55. The zero-order valence-electron chi connectivity index (χ0n) is 15.7. The normalized spacial score (nSPS) is 17.4. The molecular weight excluding hydrogens is 368 g/mol. The minimum Gasteiger partial charge on any atom is -0.462 e. The van der Waals surface area contributed by atoms with Crippen LogP contribution in [0.4, 0.5) is 5.00 Å². The molecule has 3 heterocycles. The van der Waals surface area contributed by atoms with Crippen LogP contribution in [0.25, 0.3) is 0 Å². The average Bonchev–Trinajstić information content (AvgIpc) is 3.13. The molecule has 1 aliphatic heterocycles. The van der Waals surface area contributed by atoms with Gasteiger partial charge < -0.3 is 15.4 Å². The molecule has 0 bridgehead atoms. The number of hydrogen-bond acceptors (Lipinski definition) is 6. The van der Waals surface area contributed by atoms with Crippen molar-refractivity contribution in [3.05, 3.63) is 38.4 Å². The zero-order chi connectivity index (χ0) is 19.1. The lowest BCUT2D eigenvalue weighted by Gasteiger charge is -2.42. The first-order valence-corrected chi connectivity index (χ1v) is 10.3. The molecule has 2 aromatic heterocycles. The number of carbonyl (C=O) groups excluding carboxylic acids is 2. The lowest BCUT2D eigenvalue weighted by molar-refractivity contribution is 0.0526. The first-order valence-electron chi connectivity index (χ1n) is 8.62. The molecule has 2 aromatic rings. The summed E-state index contributed by atoms with van der Waals surface area (Å²) in [5.41, 5.74) is 1.02. The van der Waals surface area contributed by atoms with Crippen molar-refractivity contribution in [3.63, 3.8) is 0 Å². The first-order chi connectivity index (χ1) is 12.1. The highest BCUT2D eigenvalue weighted by Crippen LogP contribution is 2.45. The van der Waals surface area contributed by atoms with Crippen LogP contribution in [0.2, 0.25) is 0 Å². The van der Waals surface area contributed by atoms with Crippen LogP contribution < -0.4 is 10.6 Å². The summed E-state index contributed by atoms with van der Waals surface area (Å²) in [6.07, 6.45) is 0.700. The Morgan fingerprint density at radius 3 is 2.65 bits per heavy atom. The molecule has 0 saturated heterocycles. The highest BCUT2D eigenvalue weighted by atomic mass is 32.1. The second-order valence-corrected chi connectivity index (χ2v) is 9.54. The van der Waals surface area contributed by atoms with E-state index >= 15 is 0 Å². The van der Waals surface area contributed by atoms with Crippen molar-refractivity contribution in [2.75, 3.05) is 11.9 Å². The molecule has 0 fully saturated rings. The van der Waals surface area contributed by atoms with Crippen LogP contribution in [0.3, 0.4) is 0 Å². The molecule has 0 aliphatic carbocycles. The van der Waals surface area contributed by atoms with Crippen LogP contribution in [0.1, 0.15) is 65.1 Å². The molecule has 0 radical (unpaired) electrons. The number of carbonyl (C=O) groups is 2. The molecule has 3 rings (SSSR count). The number of nitrogens with one attached hydrogen (secondary N) is 2. The van der Waals surface area contributed by atoms with Gasteiger partial charge in [0.1, 0.15) is 5.00 Å². The minimum absolute atomic E-state index is 0.159. The number of fused-ring (bicyclic) bond motifs is 1. The largest absolute Gasteiger partial charge is 0.462 e. The molecule has 0 spiro atoms. The second-order valence-electron chi connectivity index (χ2n) is 7.58. The van der Waals surface area contributed by atoms with Gasteiger partial charge in [-0.1, -0.05) is 6.07 Å². The molecule has 0 aromatic carbocycles. The maximum Gasteiger partial charge on any atom is 0.341 e. The molecule has 26 heavy (non-hydrogen) atoms. The number of thiophene rings is 2. The van der Waals surface area contributed by atoms with Gasteiger partial charge in [0.05, 0.1) is 17.0 Å². The van der Waals surface area contributed by atoms with Gasteiger partial charge >= 0.3 is 5.97 Å². The number of anilines is 1. The maximum atomic E-state index is 12.7. The third-order valence-corrected chi connectivity index (χ3v) is 6.64. The van der Waals surface area contributed by atoms with Crippen LogP contribution in [0.5, 0.6) is 0 Å².